The third kappa shape index (κ3) is 3.80. The van der Waals surface area contributed by atoms with E-state index in [1.165, 1.54) is 30.3 Å². The van der Waals surface area contributed by atoms with Gasteiger partial charge < -0.3 is 14.8 Å². The van der Waals surface area contributed by atoms with Gasteiger partial charge in [0, 0.05) is 32.9 Å². The van der Waals surface area contributed by atoms with Crippen LogP contribution in [0.1, 0.15) is 22.0 Å². The normalized spacial score (nSPS) is 17.0. The number of aromatic nitrogens is 2. The molecule has 1 aliphatic heterocycles. The second kappa shape index (κ2) is 7.62. The Morgan fingerprint density at radius 2 is 2.08 bits per heavy atom. The number of halogens is 2. The maximum Gasteiger partial charge on any atom is 0.328 e. The summed E-state index contributed by atoms with van der Waals surface area (Å²) in [6.45, 7) is 1.41. The van der Waals surface area contributed by atoms with E-state index < -0.39 is 23.2 Å². The molecule has 1 aromatic carbocycles. The average Bonchev–Trinajstić information content (AvgIpc) is 2.57. The van der Waals surface area contributed by atoms with Crippen molar-refractivity contribution in [3.63, 3.8) is 0 Å². The Balaban J connectivity index is 0.00000225. The lowest BCUT2D eigenvalue weighted by Crippen LogP contribution is -2.50. The molecule has 7 nitrogen and oxygen atoms in total. The van der Waals surface area contributed by atoms with Crippen molar-refractivity contribution in [3.05, 3.63) is 68.2 Å². The first-order valence-corrected chi connectivity index (χ1v) is 7.54. The second-order valence-electron chi connectivity index (χ2n) is 5.69. The predicted octanol–water partition coefficient (Wildman–Crippen LogP) is 0.421. The SMILES string of the molecule is Cl.Cn1cc(C(=O)N2CCNCC2c2cccc(F)c2)c(=O)[nH]c1=O. The van der Waals surface area contributed by atoms with Gasteiger partial charge in [-0.1, -0.05) is 12.1 Å². The van der Waals surface area contributed by atoms with Crippen molar-refractivity contribution < 1.29 is 9.18 Å². The van der Waals surface area contributed by atoms with Crippen LogP contribution in [0.5, 0.6) is 0 Å². The second-order valence-corrected chi connectivity index (χ2v) is 5.69. The highest BCUT2D eigenvalue weighted by atomic mass is 35.5. The molecule has 9 heteroatoms. The van der Waals surface area contributed by atoms with Crippen LogP contribution in [-0.4, -0.2) is 40.0 Å². The molecule has 0 saturated carbocycles. The molecule has 1 fully saturated rings. The molecule has 2 N–H and O–H groups in total. The van der Waals surface area contributed by atoms with Crippen molar-refractivity contribution >= 4 is 18.3 Å². The summed E-state index contributed by atoms with van der Waals surface area (Å²) in [5, 5.41) is 3.17. The number of nitrogens with zero attached hydrogens (tertiary/aromatic N) is 2. The first kappa shape index (κ1) is 18.9. The van der Waals surface area contributed by atoms with Crippen LogP contribution in [0.3, 0.4) is 0 Å². The molecule has 134 valence electrons. The molecule has 0 spiro atoms. The van der Waals surface area contributed by atoms with Crippen LogP contribution in [0.4, 0.5) is 4.39 Å². The summed E-state index contributed by atoms with van der Waals surface area (Å²) in [4.78, 5) is 39.9. The maximum atomic E-state index is 13.5. The van der Waals surface area contributed by atoms with Gasteiger partial charge in [0.05, 0.1) is 6.04 Å². The number of carbonyl (C=O) groups is 1. The van der Waals surface area contributed by atoms with Crippen molar-refractivity contribution in [2.75, 3.05) is 19.6 Å². The van der Waals surface area contributed by atoms with Gasteiger partial charge in [-0.15, -0.1) is 12.4 Å². The molecule has 2 heterocycles. The largest absolute Gasteiger partial charge is 0.329 e. The minimum Gasteiger partial charge on any atom is -0.329 e. The van der Waals surface area contributed by atoms with Gasteiger partial charge in [-0.2, -0.15) is 0 Å². The van der Waals surface area contributed by atoms with Crippen molar-refractivity contribution in [2.45, 2.75) is 6.04 Å². The molecule has 1 aromatic heterocycles. The smallest absolute Gasteiger partial charge is 0.328 e. The first-order chi connectivity index (χ1) is 11.5. The van der Waals surface area contributed by atoms with Crippen molar-refractivity contribution in [2.24, 2.45) is 7.05 Å². The van der Waals surface area contributed by atoms with Crippen LogP contribution in [0.25, 0.3) is 0 Å². The number of H-pyrrole nitrogens is 1. The van der Waals surface area contributed by atoms with Gasteiger partial charge in [0.2, 0.25) is 0 Å². The van der Waals surface area contributed by atoms with Crippen molar-refractivity contribution in [1.29, 1.82) is 0 Å². The maximum absolute atomic E-state index is 13.5. The molecule has 25 heavy (non-hydrogen) atoms. The number of hydrogen-bond acceptors (Lipinski definition) is 4. The summed E-state index contributed by atoms with van der Waals surface area (Å²) < 4.78 is 14.7. The molecule has 0 aliphatic carbocycles. The lowest BCUT2D eigenvalue weighted by Gasteiger charge is -2.36. The Hall–Kier alpha value is -2.45. The van der Waals surface area contributed by atoms with E-state index in [-0.39, 0.29) is 23.8 Å². The Kier molecular flexibility index (Phi) is 5.76. The quantitative estimate of drug-likeness (QED) is 0.804. The first-order valence-electron chi connectivity index (χ1n) is 7.54. The van der Waals surface area contributed by atoms with E-state index in [0.717, 1.165) is 4.57 Å². The van der Waals surface area contributed by atoms with E-state index in [1.54, 1.807) is 12.1 Å². The Morgan fingerprint density at radius 3 is 2.80 bits per heavy atom. The van der Waals surface area contributed by atoms with E-state index in [1.807, 2.05) is 0 Å². The molecule has 2 aromatic rings. The minimum atomic E-state index is -0.723. The fourth-order valence-corrected chi connectivity index (χ4v) is 2.83. The molecule has 1 aliphatic rings. The monoisotopic (exact) mass is 368 g/mol. The van der Waals surface area contributed by atoms with Gasteiger partial charge in [0.1, 0.15) is 11.4 Å². The number of piperazine rings is 1. The lowest BCUT2D eigenvalue weighted by atomic mass is 10.0. The molecule has 1 saturated heterocycles. The number of aromatic amines is 1. The molecule has 0 bridgehead atoms. The van der Waals surface area contributed by atoms with E-state index in [9.17, 15) is 18.8 Å². The zero-order valence-electron chi connectivity index (χ0n) is 13.5. The Morgan fingerprint density at radius 1 is 1.32 bits per heavy atom. The zero-order chi connectivity index (χ0) is 17.3. The Bertz CT molecular complexity index is 895. The van der Waals surface area contributed by atoms with E-state index in [0.29, 0.717) is 25.2 Å². The van der Waals surface area contributed by atoms with Gasteiger partial charge in [-0.05, 0) is 17.7 Å². The highest BCUT2D eigenvalue weighted by molar-refractivity contribution is 5.94. The third-order valence-corrected chi connectivity index (χ3v) is 4.08. The van der Waals surface area contributed by atoms with Crippen LogP contribution in [0.15, 0.2) is 40.1 Å². The summed E-state index contributed by atoms with van der Waals surface area (Å²) >= 11 is 0. The van der Waals surface area contributed by atoms with Crippen LogP contribution in [0.2, 0.25) is 0 Å². The van der Waals surface area contributed by atoms with Crippen LogP contribution < -0.4 is 16.6 Å². The molecule has 3 rings (SSSR count). The summed E-state index contributed by atoms with van der Waals surface area (Å²) in [6, 6.07) is 5.65. The van der Waals surface area contributed by atoms with Gasteiger partial charge >= 0.3 is 5.69 Å². The molecule has 1 unspecified atom stereocenters. The molecule has 0 radical (unpaired) electrons. The van der Waals surface area contributed by atoms with Gasteiger partial charge in [0.25, 0.3) is 11.5 Å². The number of rotatable bonds is 2. The number of amides is 1. The van der Waals surface area contributed by atoms with Crippen LogP contribution in [-0.2, 0) is 7.05 Å². The highest BCUT2D eigenvalue weighted by Crippen LogP contribution is 2.24. The molecule has 1 atom stereocenters. The van der Waals surface area contributed by atoms with Crippen molar-refractivity contribution in [3.8, 4) is 0 Å². The minimum absolute atomic E-state index is 0. The predicted molar refractivity (Wildman–Crippen MR) is 92.6 cm³/mol. The topological polar surface area (TPSA) is 87.2 Å². The van der Waals surface area contributed by atoms with Crippen molar-refractivity contribution in [1.82, 2.24) is 19.8 Å². The van der Waals surface area contributed by atoms with Gasteiger partial charge in [-0.3, -0.25) is 14.6 Å². The average molecular weight is 369 g/mol. The number of aryl methyl sites for hydroxylation is 1. The summed E-state index contributed by atoms with van der Waals surface area (Å²) in [5.41, 5.74) is -0.768. The van der Waals surface area contributed by atoms with Crippen LogP contribution >= 0.6 is 12.4 Å². The zero-order valence-corrected chi connectivity index (χ0v) is 14.3. The summed E-state index contributed by atoms with van der Waals surface area (Å²) in [7, 11) is 1.46. The number of hydrogen-bond donors (Lipinski definition) is 2. The number of nitrogens with one attached hydrogen (secondary N) is 2. The van der Waals surface area contributed by atoms with Gasteiger partial charge in [0.15, 0.2) is 0 Å². The fraction of sp³-hybridized carbons (Fsp3) is 0.312. The summed E-state index contributed by atoms with van der Waals surface area (Å²) in [5.74, 6) is -0.868. The standard InChI is InChI=1S/C16H17FN4O3.ClH/c1-20-9-12(14(22)19-16(20)24)15(23)21-6-5-18-8-13(21)10-3-2-4-11(17)7-10;/h2-4,7,9,13,18H,5-6,8H2,1H3,(H,19,22,24);1H. The highest BCUT2D eigenvalue weighted by Gasteiger charge is 2.30. The van der Waals surface area contributed by atoms with E-state index >= 15 is 0 Å². The number of carbonyl (C=O) groups excluding carboxylic acids is 1. The number of benzene rings is 1. The van der Waals surface area contributed by atoms with Gasteiger partial charge in [-0.25, -0.2) is 9.18 Å². The lowest BCUT2D eigenvalue weighted by molar-refractivity contribution is 0.0631. The Labute approximate surface area is 148 Å². The van der Waals surface area contributed by atoms with E-state index in [2.05, 4.69) is 10.3 Å². The van der Waals surface area contributed by atoms with E-state index in [4.69, 9.17) is 0 Å². The third-order valence-electron chi connectivity index (χ3n) is 4.08. The molecular formula is C16H18ClFN4O3. The fourth-order valence-electron chi connectivity index (χ4n) is 2.83. The molecule has 1 amide bonds. The summed E-state index contributed by atoms with van der Waals surface area (Å²) in [6.07, 6.45) is 1.23. The molecular weight excluding hydrogens is 351 g/mol. The van der Waals surface area contributed by atoms with Crippen LogP contribution in [0, 0.1) is 5.82 Å².